The highest BCUT2D eigenvalue weighted by molar-refractivity contribution is 5.94. The van der Waals surface area contributed by atoms with Gasteiger partial charge in [0.2, 0.25) is 0 Å². The number of hydrogen-bond donors (Lipinski definition) is 0. The maximum atomic E-state index is 13.6. The largest absolute Gasteiger partial charge is 0.384 e. The van der Waals surface area contributed by atoms with E-state index >= 15 is 0 Å². The number of ether oxygens (including phenoxy) is 1. The molecule has 0 saturated carbocycles. The molecule has 0 N–H and O–H groups in total. The van der Waals surface area contributed by atoms with Crippen LogP contribution in [0.1, 0.15) is 23.2 Å². The fourth-order valence-corrected chi connectivity index (χ4v) is 2.38. The topological polar surface area (TPSA) is 29.5 Å². The lowest BCUT2D eigenvalue weighted by atomic mass is 9.97. The Morgan fingerprint density at radius 2 is 2.05 bits per heavy atom. The van der Waals surface area contributed by atoms with Crippen LogP contribution in [-0.4, -0.2) is 37.6 Å². The quantitative estimate of drug-likeness (QED) is 0.843. The van der Waals surface area contributed by atoms with E-state index < -0.39 is 17.5 Å². The minimum atomic E-state index is -1.06. The van der Waals surface area contributed by atoms with E-state index in [0.717, 1.165) is 18.9 Å². The molecule has 1 aliphatic rings. The Labute approximate surface area is 111 Å². The first-order valence-electron chi connectivity index (χ1n) is 6.35. The van der Waals surface area contributed by atoms with Crippen molar-refractivity contribution in [1.82, 2.24) is 4.90 Å². The zero-order valence-electron chi connectivity index (χ0n) is 10.9. The second-order valence-electron chi connectivity index (χ2n) is 4.79. The van der Waals surface area contributed by atoms with Gasteiger partial charge in [-0.2, -0.15) is 0 Å². The summed E-state index contributed by atoms with van der Waals surface area (Å²) in [7, 11) is 1.65. The van der Waals surface area contributed by atoms with Gasteiger partial charge in [0.25, 0.3) is 5.91 Å². The molecule has 2 rings (SSSR count). The van der Waals surface area contributed by atoms with Crippen LogP contribution >= 0.6 is 0 Å². The van der Waals surface area contributed by atoms with E-state index in [9.17, 15) is 13.6 Å². The SMILES string of the molecule is COCC1CCN(C(=O)c2cccc(F)c2F)CC1. The number of nitrogens with zero attached hydrogens (tertiary/aromatic N) is 1. The molecule has 1 fully saturated rings. The normalized spacial score (nSPS) is 16.7. The van der Waals surface area contributed by atoms with Crippen molar-refractivity contribution in [3.8, 4) is 0 Å². The van der Waals surface area contributed by atoms with Gasteiger partial charge in [0.05, 0.1) is 5.56 Å². The number of carbonyl (C=O) groups excluding carboxylic acids is 1. The first-order valence-corrected chi connectivity index (χ1v) is 6.35. The molecule has 0 aliphatic carbocycles. The number of carbonyl (C=O) groups is 1. The summed E-state index contributed by atoms with van der Waals surface area (Å²) < 4.78 is 31.8. The number of hydrogen-bond acceptors (Lipinski definition) is 2. The van der Waals surface area contributed by atoms with Crippen molar-refractivity contribution in [2.45, 2.75) is 12.8 Å². The summed E-state index contributed by atoms with van der Waals surface area (Å²) in [5.41, 5.74) is -0.190. The fourth-order valence-electron chi connectivity index (χ4n) is 2.38. The Morgan fingerprint density at radius 3 is 2.68 bits per heavy atom. The summed E-state index contributed by atoms with van der Waals surface area (Å²) in [5.74, 6) is -2.05. The third-order valence-corrected chi connectivity index (χ3v) is 3.49. The molecule has 0 atom stereocenters. The average molecular weight is 269 g/mol. The van der Waals surface area contributed by atoms with E-state index in [1.165, 1.54) is 12.1 Å². The lowest BCUT2D eigenvalue weighted by Crippen LogP contribution is -2.39. The lowest BCUT2D eigenvalue weighted by Gasteiger charge is -2.31. The molecular formula is C14H17F2NO2. The molecule has 1 aliphatic heterocycles. The van der Waals surface area contributed by atoms with Crippen LogP contribution in [0, 0.1) is 17.6 Å². The molecule has 0 unspecified atom stereocenters. The number of benzene rings is 1. The molecular weight excluding hydrogens is 252 g/mol. The average Bonchev–Trinajstić information content (AvgIpc) is 2.42. The van der Waals surface area contributed by atoms with Crippen LogP contribution in [-0.2, 0) is 4.74 Å². The highest BCUT2D eigenvalue weighted by atomic mass is 19.2. The third-order valence-electron chi connectivity index (χ3n) is 3.49. The number of piperidine rings is 1. The van der Waals surface area contributed by atoms with Gasteiger partial charge in [0.1, 0.15) is 0 Å². The summed E-state index contributed by atoms with van der Waals surface area (Å²) in [5, 5.41) is 0. The highest BCUT2D eigenvalue weighted by Crippen LogP contribution is 2.20. The molecule has 1 aromatic carbocycles. The predicted molar refractivity (Wildman–Crippen MR) is 66.9 cm³/mol. The predicted octanol–water partition coefficient (Wildman–Crippen LogP) is 2.46. The van der Waals surface area contributed by atoms with Crippen LogP contribution in [0.2, 0.25) is 0 Å². The van der Waals surface area contributed by atoms with Crippen molar-refractivity contribution < 1.29 is 18.3 Å². The minimum Gasteiger partial charge on any atom is -0.384 e. The molecule has 5 heteroatoms. The van der Waals surface area contributed by atoms with E-state index in [1.807, 2.05) is 0 Å². The van der Waals surface area contributed by atoms with Crippen molar-refractivity contribution in [1.29, 1.82) is 0 Å². The smallest absolute Gasteiger partial charge is 0.256 e. The molecule has 1 heterocycles. The van der Waals surface area contributed by atoms with Gasteiger partial charge in [-0.05, 0) is 30.9 Å². The van der Waals surface area contributed by atoms with Gasteiger partial charge in [0, 0.05) is 26.8 Å². The summed E-state index contributed by atoms with van der Waals surface area (Å²) in [6.07, 6.45) is 1.66. The summed E-state index contributed by atoms with van der Waals surface area (Å²) in [4.78, 5) is 13.7. The Bertz CT molecular complexity index is 457. The Morgan fingerprint density at radius 1 is 1.37 bits per heavy atom. The van der Waals surface area contributed by atoms with Crippen LogP contribution in [0.4, 0.5) is 8.78 Å². The van der Waals surface area contributed by atoms with Crippen molar-refractivity contribution in [2.24, 2.45) is 5.92 Å². The van der Waals surface area contributed by atoms with Crippen LogP contribution in [0.15, 0.2) is 18.2 Å². The number of methoxy groups -OCH3 is 1. The molecule has 1 aromatic rings. The molecule has 1 saturated heterocycles. The highest BCUT2D eigenvalue weighted by Gasteiger charge is 2.25. The zero-order valence-corrected chi connectivity index (χ0v) is 10.9. The summed E-state index contributed by atoms with van der Waals surface area (Å²) in [6.45, 7) is 1.79. The van der Waals surface area contributed by atoms with Crippen molar-refractivity contribution in [2.75, 3.05) is 26.8 Å². The summed E-state index contributed by atoms with van der Waals surface area (Å²) >= 11 is 0. The van der Waals surface area contributed by atoms with Crippen molar-refractivity contribution in [3.05, 3.63) is 35.4 Å². The second kappa shape index (κ2) is 6.10. The first kappa shape index (κ1) is 13.9. The van der Waals surface area contributed by atoms with Gasteiger partial charge in [-0.15, -0.1) is 0 Å². The molecule has 1 amide bonds. The maximum Gasteiger partial charge on any atom is 0.256 e. The molecule has 19 heavy (non-hydrogen) atoms. The van der Waals surface area contributed by atoms with E-state index in [2.05, 4.69) is 0 Å². The molecule has 0 radical (unpaired) electrons. The maximum absolute atomic E-state index is 13.6. The molecule has 0 aromatic heterocycles. The van der Waals surface area contributed by atoms with Crippen LogP contribution < -0.4 is 0 Å². The number of halogens is 2. The van der Waals surface area contributed by atoms with Gasteiger partial charge in [-0.3, -0.25) is 4.79 Å². The van der Waals surface area contributed by atoms with Crippen molar-refractivity contribution >= 4 is 5.91 Å². The van der Waals surface area contributed by atoms with Crippen LogP contribution in [0.25, 0.3) is 0 Å². The van der Waals surface area contributed by atoms with E-state index in [0.29, 0.717) is 25.6 Å². The van der Waals surface area contributed by atoms with Gasteiger partial charge in [0.15, 0.2) is 11.6 Å². The van der Waals surface area contributed by atoms with Gasteiger partial charge >= 0.3 is 0 Å². The Hall–Kier alpha value is -1.49. The van der Waals surface area contributed by atoms with Gasteiger partial charge in [-0.1, -0.05) is 6.07 Å². The van der Waals surface area contributed by atoms with Crippen LogP contribution in [0.5, 0.6) is 0 Å². The lowest BCUT2D eigenvalue weighted by molar-refractivity contribution is 0.0608. The molecule has 0 bridgehead atoms. The Balaban J connectivity index is 2.03. The van der Waals surface area contributed by atoms with E-state index in [-0.39, 0.29) is 5.56 Å². The van der Waals surface area contributed by atoms with Crippen LogP contribution in [0.3, 0.4) is 0 Å². The standard InChI is InChI=1S/C14H17F2NO2/c1-19-9-10-5-7-17(8-6-10)14(18)11-3-2-4-12(15)13(11)16/h2-4,10H,5-9H2,1H3. The number of likely N-dealkylation sites (tertiary alicyclic amines) is 1. The van der Waals surface area contributed by atoms with Crippen molar-refractivity contribution in [3.63, 3.8) is 0 Å². The zero-order chi connectivity index (χ0) is 13.8. The Kier molecular flexibility index (Phi) is 4.47. The monoisotopic (exact) mass is 269 g/mol. The third kappa shape index (κ3) is 3.10. The fraction of sp³-hybridized carbons (Fsp3) is 0.500. The number of rotatable bonds is 3. The second-order valence-corrected chi connectivity index (χ2v) is 4.79. The van der Waals surface area contributed by atoms with Gasteiger partial charge in [-0.25, -0.2) is 8.78 Å². The van der Waals surface area contributed by atoms with E-state index in [1.54, 1.807) is 12.0 Å². The summed E-state index contributed by atoms with van der Waals surface area (Å²) in [6, 6.07) is 3.68. The van der Waals surface area contributed by atoms with Gasteiger partial charge < -0.3 is 9.64 Å². The van der Waals surface area contributed by atoms with E-state index in [4.69, 9.17) is 4.74 Å². The minimum absolute atomic E-state index is 0.190. The number of amides is 1. The molecule has 0 spiro atoms. The molecule has 104 valence electrons. The molecule has 3 nitrogen and oxygen atoms in total. The first-order chi connectivity index (χ1) is 9.13.